The standard InChI is InChI=1S/C18H16N4O5/c1-11-3-5-13(25-11)9-19-21-17(23)15-7-8-16(27-15)18(24)22-20-10-14-6-4-12(2)26-14/h3-10H,1-2H3,(H,21,23)(H,22,24). The van der Waals surface area contributed by atoms with Crippen molar-refractivity contribution in [3.05, 3.63) is 71.0 Å². The van der Waals surface area contributed by atoms with E-state index in [2.05, 4.69) is 21.1 Å². The first kappa shape index (κ1) is 17.9. The lowest BCUT2D eigenvalue weighted by atomic mass is 10.4. The molecule has 0 atom stereocenters. The summed E-state index contributed by atoms with van der Waals surface area (Å²) >= 11 is 0. The highest BCUT2D eigenvalue weighted by Gasteiger charge is 2.15. The van der Waals surface area contributed by atoms with Crippen molar-refractivity contribution in [3.8, 4) is 0 Å². The largest absolute Gasteiger partial charge is 0.460 e. The number of carbonyl (C=O) groups is 2. The van der Waals surface area contributed by atoms with Crippen LogP contribution in [0.15, 0.2) is 59.9 Å². The predicted octanol–water partition coefficient (Wildman–Crippen LogP) is 2.61. The van der Waals surface area contributed by atoms with Gasteiger partial charge >= 0.3 is 11.8 Å². The second-order valence-electron chi connectivity index (χ2n) is 5.46. The molecule has 0 bridgehead atoms. The molecule has 0 fully saturated rings. The lowest BCUT2D eigenvalue weighted by Gasteiger charge is -1.96. The summed E-state index contributed by atoms with van der Waals surface area (Å²) in [5.74, 6) is 1.10. The van der Waals surface area contributed by atoms with Crippen molar-refractivity contribution in [1.82, 2.24) is 10.9 Å². The fourth-order valence-corrected chi connectivity index (χ4v) is 2.05. The molecule has 3 aromatic rings. The molecule has 2 N–H and O–H groups in total. The summed E-state index contributed by atoms with van der Waals surface area (Å²) in [5.41, 5.74) is 4.56. The van der Waals surface area contributed by atoms with Gasteiger partial charge in [0.2, 0.25) is 0 Å². The molecule has 0 saturated heterocycles. The number of nitrogens with zero attached hydrogens (tertiary/aromatic N) is 2. The summed E-state index contributed by atoms with van der Waals surface area (Å²) < 4.78 is 15.8. The van der Waals surface area contributed by atoms with Crippen molar-refractivity contribution >= 4 is 24.2 Å². The van der Waals surface area contributed by atoms with Crippen LogP contribution < -0.4 is 10.9 Å². The molecule has 0 aliphatic heterocycles. The predicted molar refractivity (Wildman–Crippen MR) is 95.7 cm³/mol. The number of hydrogen-bond donors (Lipinski definition) is 2. The molecular weight excluding hydrogens is 352 g/mol. The average Bonchev–Trinajstić information content (AvgIpc) is 3.36. The summed E-state index contributed by atoms with van der Waals surface area (Å²) in [4.78, 5) is 23.9. The monoisotopic (exact) mass is 368 g/mol. The van der Waals surface area contributed by atoms with Crippen LogP contribution in [0.3, 0.4) is 0 Å². The first-order valence-corrected chi connectivity index (χ1v) is 7.91. The van der Waals surface area contributed by atoms with Crippen LogP contribution in [0.5, 0.6) is 0 Å². The van der Waals surface area contributed by atoms with Crippen LogP contribution in [0, 0.1) is 13.8 Å². The van der Waals surface area contributed by atoms with Gasteiger partial charge in [-0.15, -0.1) is 0 Å². The summed E-state index contributed by atoms with van der Waals surface area (Å²) in [6, 6.07) is 9.69. The molecule has 3 rings (SSSR count). The Labute approximate surface area is 153 Å². The molecule has 0 aromatic carbocycles. The Morgan fingerprint density at radius 3 is 1.56 bits per heavy atom. The molecule has 27 heavy (non-hydrogen) atoms. The molecular formula is C18H16N4O5. The van der Waals surface area contributed by atoms with Gasteiger partial charge in [-0.3, -0.25) is 9.59 Å². The molecule has 0 saturated carbocycles. The zero-order chi connectivity index (χ0) is 19.2. The van der Waals surface area contributed by atoms with Gasteiger partial charge in [-0.2, -0.15) is 10.2 Å². The van der Waals surface area contributed by atoms with E-state index in [-0.39, 0.29) is 11.5 Å². The summed E-state index contributed by atoms with van der Waals surface area (Å²) in [6.45, 7) is 3.59. The number of carbonyl (C=O) groups excluding carboxylic acids is 2. The van der Waals surface area contributed by atoms with E-state index in [1.165, 1.54) is 24.6 Å². The van der Waals surface area contributed by atoms with E-state index in [0.717, 1.165) is 11.5 Å². The quantitative estimate of drug-likeness (QED) is 0.511. The Balaban J connectivity index is 1.53. The minimum atomic E-state index is -0.608. The topological polar surface area (TPSA) is 122 Å². The SMILES string of the molecule is Cc1ccc(C=NNC(=O)c2ccc(C(=O)NN=Cc3ccc(C)o3)o2)o1. The Morgan fingerprint density at radius 2 is 1.19 bits per heavy atom. The van der Waals surface area contributed by atoms with Gasteiger partial charge in [0.05, 0.1) is 12.4 Å². The van der Waals surface area contributed by atoms with Gasteiger partial charge in [0.15, 0.2) is 11.5 Å². The van der Waals surface area contributed by atoms with Gasteiger partial charge in [-0.25, -0.2) is 10.9 Å². The van der Waals surface area contributed by atoms with Crippen LogP contribution in [0.4, 0.5) is 0 Å². The lowest BCUT2D eigenvalue weighted by Crippen LogP contribution is -2.18. The molecule has 0 unspecified atom stereocenters. The number of hydrogen-bond acceptors (Lipinski definition) is 7. The Morgan fingerprint density at radius 1 is 0.741 bits per heavy atom. The average molecular weight is 368 g/mol. The number of furan rings is 3. The normalized spacial score (nSPS) is 11.3. The molecule has 0 aliphatic rings. The van der Waals surface area contributed by atoms with Crippen molar-refractivity contribution in [2.24, 2.45) is 10.2 Å². The second kappa shape index (κ2) is 8.00. The van der Waals surface area contributed by atoms with Crippen molar-refractivity contribution < 1.29 is 22.8 Å². The number of aryl methyl sites for hydroxylation is 2. The summed E-state index contributed by atoms with van der Waals surface area (Å²) in [5, 5.41) is 7.52. The molecule has 0 spiro atoms. The summed E-state index contributed by atoms with van der Waals surface area (Å²) in [7, 11) is 0. The second-order valence-corrected chi connectivity index (χ2v) is 5.46. The zero-order valence-electron chi connectivity index (χ0n) is 14.6. The third-order valence-corrected chi connectivity index (χ3v) is 3.29. The Kier molecular flexibility index (Phi) is 5.31. The number of nitrogens with one attached hydrogen (secondary N) is 2. The Hall–Kier alpha value is -3.88. The van der Waals surface area contributed by atoms with Crippen LogP contribution in [-0.2, 0) is 0 Å². The van der Waals surface area contributed by atoms with Crippen molar-refractivity contribution in [3.63, 3.8) is 0 Å². The van der Waals surface area contributed by atoms with E-state index in [0.29, 0.717) is 11.5 Å². The van der Waals surface area contributed by atoms with E-state index in [4.69, 9.17) is 13.3 Å². The smallest absolute Gasteiger partial charge is 0.307 e. The van der Waals surface area contributed by atoms with Crippen LogP contribution in [0.25, 0.3) is 0 Å². The van der Waals surface area contributed by atoms with Gasteiger partial charge in [-0.1, -0.05) is 0 Å². The molecule has 2 amide bonds. The van der Waals surface area contributed by atoms with Crippen LogP contribution in [0.2, 0.25) is 0 Å². The van der Waals surface area contributed by atoms with Gasteiger partial charge in [0, 0.05) is 0 Å². The highest BCUT2D eigenvalue weighted by Crippen LogP contribution is 2.08. The summed E-state index contributed by atoms with van der Waals surface area (Å²) in [6.07, 6.45) is 2.71. The molecule has 0 radical (unpaired) electrons. The van der Waals surface area contributed by atoms with E-state index >= 15 is 0 Å². The maximum atomic E-state index is 12.0. The molecule has 0 aliphatic carbocycles. The van der Waals surface area contributed by atoms with Crippen LogP contribution in [0.1, 0.15) is 44.2 Å². The van der Waals surface area contributed by atoms with Gasteiger partial charge in [-0.05, 0) is 50.2 Å². The van der Waals surface area contributed by atoms with E-state index < -0.39 is 11.8 Å². The number of amides is 2. The van der Waals surface area contributed by atoms with E-state index in [9.17, 15) is 9.59 Å². The molecule has 3 heterocycles. The molecule has 9 nitrogen and oxygen atoms in total. The fraction of sp³-hybridized carbons (Fsp3) is 0.111. The van der Waals surface area contributed by atoms with Crippen LogP contribution in [-0.4, -0.2) is 24.2 Å². The minimum absolute atomic E-state index is 0.0708. The number of rotatable bonds is 6. The molecule has 9 heteroatoms. The third-order valence-electron chi connectivity index (χ3n) is 3.29. The van der Waals surface area contributed by atoms with Crippen molar-refractivity contribution in [1.29, 1.82) is 0 Å². The lowest BCUT2D eigenvalue weighted by molar-refractivity contribution is 0.0902. The van der Waals surface area contributed by atoms with Crippen molar-refractivity contribution in [2.75, 3.05) is 0 Å². The highest BCUT2D eigenvalue weighted by molar-refractivity contribution is 5.96. The third kappa shape index (κ3) is 4.82. The zero-order valence-corrected chi connectivity index (χ0v) is 14.6. The van der Waals surface area contributed by atoms with Gasteiger partial charge in [0.25, 0.3) is 0 Å². The molecule has 138 valence electrons. The van der Waals surface area contributed by atoms with Gasteiger partial charge < -0.3 is 13.3 Å². The number of hydrazone groups is 2. The highest BCUT2D eigenvalue weighted by atomic mass is 16.4. The molecule has 3 aromatic heterocycles. The van der Waals surface area contributed by atoms with Gasteiger partial charge in [0.1, 0.15) is 23.0 Å². The van der Waals surface area contributed by atoms with E-state index in [1.54, 1.807) is 38.1 Å². The van der Waals surface area contributed by atoms with Crippen LogP contribution >= 0.6 is 0 Å². The minimum Gasteiger partial charge on any atom is -0.460 e. The maximum Gasteiger partial charge on any atom is 0.307 e. The first-order chi connectivity index (χ1) is 13.0. The fourth-order valence-electron chi connectivity index (χ4n) is 2.05. The first-order valence-electron chi connectivity index (χ1n) is 7.91. The van der Waals surface area contributed by atoms with E-state index in [1.807, 2.05) is 0 Å². The Bertz CT molecular complexity index is 930. The maximum absolute atomic E-state index is 12.0. The van der Waals surface area contributed by atoms with Crippen molar-refractivity contribution in [2.45, 2.75) is 13.8 Å².